The molecule has 0 saturated heterocycles. The van der Waals surface area contributed by atoms with Crippen molar-refractivity contribution in [3.8, 4) is 0 Å². The number of aryl methyl sites for hydroxylation is 1. The first-order valence-corrected chi connectivity index (χ1v) is 4.22. The van der Waals surface area contributed by atoms with Gasteiger partial charge in [0.2, 0.25) is 0 Å². The third-order valence-electron chi connectivity index (χ3n) is 1.93. The van der Waals surface area contributed by atoms with E-state index in [9.17, 15) is 0 Å². The van der Waals surface area contributed by atoms with Crippen molar-refractivity contribution >= 4 is 11.0 Å². The van der Waals surface area contributed by atoms with Crippen molar-refractivity contribution in [2.24, 2.45) is 0 Å². The summed E-state index contributed by atoms with van der Waals surface area (Å²) >= 11 is 0. The van der Waals surface area contributed by atoms with Gasteiger partial charge in [0, 0.05) is 6.54 Å². The lowest BCUT2D eigenvalue weighted by atomic mass is 10.3. The van der Waals surface area contributed by atoms with Gasteiger partial charge in [-0.2, -0.15) is 0 Å². The zero-order valence-corrected chi connectivity index (χ0v) is 7.12. The molecule has 2 rings (SSSR count). The smallest absolute Gasteiger partial charge is 0.0958 e. The number of nitrogens with zero attached hydrogens (tertiary/aromatic N) is 2. The fraction of sp³-hybridized carbons (Fsp3) is 0.300. The fourth-order valence-corrected chi connectivity index (χ4v) is 1.37. The highest BCUT2D eigenvalue weighted by Gasteiger charge is 1.98. The van der Waals surface area contributed by atoms with Crippen LogP contribution >= 0.6 is 0 Å². The van der Waals surface area contributed by atoms with Crippen molar-refractivity contribution in [2.75, 3.05) is 0 Å². The van der Waals surface area contributed by atoms with Gasteiger partial charge in [-0.25, -0.2) is 4.98 Å². The standard InChI is InChI=1S/C10H11N2/c1-2-7-12-8-11-9-5-3-4-6-10(9)12/h3,5-6,8H,2,7H2,1H3. The van der Waals surface area contributed by atoms with E-state index in [1.165, 1.54) is 5.52 Å². The zero-order valence-electron chi connectivity index (χ0n) is 7.12. The lowest BCUT2D eigenvalue weighted by molar-refractivity contribution is 0.697. The quantitative estimate of drug-likeness (QED) is 0.657. The number of hydrogen-bond donors (Lipinski definition) is 0. The Balaban J connectivity index is 2.55. The summed E-state index contributed by atoms with van der Waals surface area (Å²) in [6.45, 7) is 3.20. The van der Waals surface area contributed by atoms with Gasteiger partial charge < -0.3 is 4.57 Å². The third-order valence-corrected chi connectivity index (χ3v) is 1.93. The largest absolute Gasteiger partial charge is 0.331 e. The molecule has 1 heterocycles. The van der Waals surface area contributed by atoms with E-state index in [0.29, 0.717) is 0 Å². The van der Waals surface area contributed by atoms with Crippen molar-refractivity contribution in [1.29, 1.82) is 0 Å². The number of fused-ring (bicyclic) bond motifs is 1. The molecule has 0 aliphatic heterocycles. The van der Waals surface area contributed by atoms with Gasteiger partial charge in [0.05, 0.1) is 17.4 Å². The van der Waals surface area contributed by atoms with Crippen LogP contribution in [0.2, 0.25) is 0 Å². The van der Waals surface area contributed by atoms with Crippen LogP contribution < -0.4 is 0 Å². The van der Waals surface area contributed by atoms with Gasteiger partial charge in [0.1, 0.15) is 0 Å². The molecular weight excluding hydrogens is 148 g/mol. The van der Waals surface area contributed by atoms with E-state index in [1.54, 1.807) is 0 Å². The SMILES string of the molecule is CCCn1cnc2cc[c]cc21. The molecule has 0 saturated carbocycles. The first kappa shape index (κ1) is 7.35. The summed E-state index contributed by atoms with van der Waals surface area (Å²) in [4.78, 5) is 4.28. The van der Waals surface area contributed by atoms with Crippen LogP contribution in [0, 0.1) is 6.07 Å². The summed E-state index contributed by atoms with van der Waals surface area (Å²) in [7, 11) is 0. The van der Waals surface area contributed by atoms with Crippen LogP contribution in [0.1, 0.15) is 13.3 Å². The lowest BCUT2D eigenvalue weighted by Crippen LogP contribution is -1.93. The summed E-state index contributed by atoms with van der Waals surface area (Å²) in [5, 5.41) is 0. The minimum absolute atomic E-state index is 1.04. The Kier molecular flexibility index (Phi) is 1.82. The van der Waals surface area contributed by atoms with Crippen LogP contribution in [0.4, 0.5) is 0 Å². The second-order valence-corrected chi connectivity index (χ2v) is 2.85. The molecule has 2 heteroatoms. The maximum Gasteiger partial charge on any atom is 0.0958 e. The van der Waals surface area contributed by atoms with Crippen molar-refractivity contribution < 1.29 is 0 Å². The normalized spacial score (nSPS) is 10.8. The van der Waals surface area contributed by atoms with E-state index >= 15 is 0 Å². The van der Waals surface area contributed by atoms with Crippen LogP contribution in [-0.4, -0.2) is 9.55 Å². The van der Waals surface area contributed by atoms with Gasteiger partial charge in [-0.3, -0.25) is 0 Å². The van der Waals surface area contributed by atoms with Crippen LogP contribution in [0.5, 0.6) is 0 Å². The van der Waals surface area contributed by atoms with E-state index < -0.39 is 0 Å². The van der Waals surface area contributed by atoms with E-state index in [4.69, 9.17) is 0 Å². The molecule has 0 N–H and O–H groups in total. The summed E-state index contributed by atoms with van der Waals surface area (Å²) in [5.74, 6) is 0. The molecule has 0 amide bonds. The highest BCUT2D eigenvalue weighted by Crippen LogP contribution is 2.11. The first-order valence-electron chi connectivity index (χ1n) is 4.22. The Morgan fingerprint density at radius 2 is 2.50 bits per heavy atom. The molecular formula is C10H11N2. The molecule has 2 nitrogen and oxygen atoms in total. The molecule has 61 valence electrons. The number of imidazole rings is 1. The van der Waals surface area contributed by atoms with Gasteiger partial charge in [0.15, 0.2) is 0 Å². The molecule has 0 unspecified atom stereocenters. The molecule has 0 aliphatic carbocycles. The molecule has 0 atom stereocenters. The monoisotopic (exact) mass is 159 g/mol. The highest BCUT2D eigenvalue weighted by molar-refractivity contribution is 5.74. The van der Waals surface area contributed by atoms with Gasteiger partial charge >= 0.3 is 0 Å². The summed E-state index contributed by atoms with van der Waals surface area (Å²) in [6, 6.07) is 8.93. The van der Waals surface area contributed by atoms with E-state index in [1.807, 2.05) is 24.5 Å². The summed E-state index contributed by atoms with van der Waals surface area (Å²) in [6.07, 6.45) is 3.03. The van der Waals surface area contributed by atoms with Crippen LogP contribution in [-0.2, 0) is 6.54 Å². The second kappa shape index (κ2) is 2.97. The molecule has 0 bridgehead atoms. The average Bonchev–Trinajstić information content (AvgIpc) is 2.50. The van der Waals surface area contributed by atoms with E-state index in [0.717, 1.165) is 18.5 Å². The van der Waals surface area contributed by atoms with Crippen LogP contribution in [0.3, 0.4) is 0 Å². The molecule has 0 spiro atoms. The minimum Gasteiger partial charge on any atom is -0.331 e. The van der Waals surface area contributed by atoms with E-state index in [2.05, 4.69) is 22.5 Å². The Labute approximate surface area is 71.8 Å². The third kappa shape index (κ3) is 1.09. The maximum absolute atomic E-state index is 4.28. The van der Waals surface area contributed by atoms with Gasteiger partial charge in [0.25, 0.3) is 0 Å². The molecule has 1 radical (unpaired) electrons. The van der Waals surface area contributed by atoms with Gasteiger partial charge in [-0.05, 0) is 24.6 Å². The molecule has 0 aliphatic rings. The Morgan fingerprint density at radius 1 is 1.58 bits per heavy atom. The molecule has 1 aromatic heterocycles. The van der Waals surface area contributed by atoms with Gasteiger partial charge in [-0.1, -0.05) is 13.0 Å². The van der Waals surface area contributed by atoms with Crippen molar-refractivity contribution in [3.63, 3.8) is 0 Å². The Bertz CT molecular complexity index is 376. The van der Waals surface area contributed by atoms with Crippen molar-refractivity contribution in [2.45, 2.75) is 19.9 Å². The predicted molar refractivity (Wildman–Crippen MR) is 48.9 cm³/mol. The van der Waals surface area contributed by atoms with Crippen molar-refractivity contribution in [3.05, 3.63) is 30.6 Å². The lowest BCUT2D eigenvalue weighted by Gasteiger charge is -1.99. The van der Waals surface area contributed by atoms with Gasteiger partial charge in [-0.15, -0.1) is 0 Å². The molecule has 1 aromatic carbocycles. The average molecular weight is 159 g/mol. The number of hydrogen-bond acceptors (Lipinski definition) is 1. The van der Waals surface area contributed by atoms with Crippen molar-refractivity contribution in [1.82, 2.24) is 9.55 Å². The topological polar surface area (TPSA) is 17.8 Å². The zero-order chi connectivity index (χ0) is 8.39. The number of rotatable bonds is 2. The molecule has 2 aromatic rings. The second-order valence-electron chi connectivity index (χ2n) is 2.85. The summed E-state index contributed by atoms with van der Waals surface area (Å²) in [5.41, 5.74) is 2.24. The molecule has 0 fully saturated rings. The highest BCUT2D eigenvalue weighted by atomic mass is 15.0. The predicted octanol–water partition coefficient (Wildman–Crippen LogP) is 2.25. The first-order chi connectivity index (χ1) is 5.92. The number of benzene rings is 1. The Hall–Kier alpha value is -1.31. The van der Waals surface area contributed by atoms with E-state index in [-0.39, 0.29) is 0 Å². The fourth-order valence-electron chi connectivity index (χ4n) is 1.37. The Morgan fingerprint density at radius 3 is 3.33 bits per heavy atom. The number of aromatic nitrogens is 2. The summed E-state index contributed by atoms with van der Waals surface area (Å²) < 4.78 is 2.16. The molecule has 12 heavy (non-hydrogen) atoms. The van der Waals surface area contributed by atoms with Crippen LogP contribution in [0.25, 0.3) is 11.0 Å². The minimum atomic E-state index is 1.04. The van der Waals surface area contributed by atoms with Crippen LogP contribution in [0.15, 0.2) is 24.5 Å². The maximum atomic E-state index is 4.28.